The maximum absolute atomic E-state index is 4.41. The Balaban J connectivity index is 2.11. The molecule has 0 bridgehead atoms. The maximum atomic E-state index is 4.41. The van der Waals surface area contributed by atoms with Gasteiger partial charge >= 0.3 is 0 Å². The summed E-state index contributed by atoms with van der Waals surface area (Å²) in [6.07, 6.45) is 0. The molecule has 0 spiro atoms. The van der Waals surface area contributed by atoms with Gasteiger partial charge in [-0.1, -0.05) is 34.6 Å². The first kappa shape index (κ1) is 11.5. The molecular weight excluding hydrogens is 340 g/mol. The normalized spacial score (nSPS) is 20.2. The molecule has 1 atom stereocenters. The molecule has 0 saturated carbocycles. The molecule has 1 aromatic carbocycles. The van der Waals surface area contributed by atoms with Gasteiger partial charge in [0.15, 0.2) is 5.17 Å². The summed E-state index contributed by atoms with van der Waals surface area (Å²) in [6, 6.07) is 6.06. The Labute approximate surface area is 110 Å². The van der Waals surface area contributed by atoms with Gasteiger partial charge in [-0.05, 0) is 34.1 Å². The molecule has 1 aliphatic rings. The fourth-order valence-electron chi connectivity index (χ4n) is 1.25. The van der Waals surface area contributed by atoms with Gasteiger partial charge in [-0.3, -0.25) is 4.99 Å². The topological polar surface area (TPSA) is 24.4 Å². The highest BCUT2D eigenvalue weighted by Gasteiger charge is 2.15. The molecule has 0 radical (unpaired) electrons. The molecule has 80 valence electrons. The van der Waals surface area contributed by atoms with Crippen LogP contribution in [0.2, 0.25) is 0 Å². The molecule has 1 heterocycles. The summed E-state index contributed by atoms with van der Waals surface area (Å²) in [6.45, 7) is 3.08. The average Bonchev–Trinajstić information content (AvgIpc) is 2.56. The van der Waals surface area contributed by atoms with Crippen molar-refractivity contribution >= 4 is 54.5 Å². The standard InChI is InChI=1S/C10H10Br2N2S/c1-6-5-13-10(15-6)14-9-3-2-7(11)4-8(9)12/h2-4,6H,5H2,1H3,(H,13,14). The van der Waals surface area contributed by atoms with E-state index in [2.05, 4.69) is 49.1 Å². The first-order chi connectivity index (χ1) is 7.15. The number of anilines is 1. The molecule has 0 amide bonds. The van der Waals surface area contributed by atoms with Crippen LogP contribution >= 0.6 is 43.6 Å². The van der Waals surface area contributed by atoms with Crippen LogP contribution in [0.15, 0.2) is 32.1 Å². The second-order valence-corrected chi connectivity index (χ2v) is 6.52. The van der Waals surface area contributed by atoms with E-state index in [1.165, 1.54) is 0 Å². The van der Waals surface area contributed by atoms with Gasteiger partial charge in [0, 0.05) is 14.2 Å². The summed E-state index contributed by atoms with van der Waals surface area (Å²) in [4.78, 5) is 4.41. The molecule has 2 rings (SSSR count). The van der Waals surface area contributed by atoms with Gasteiger partial charge in [0.25, 0.3) is 0 Å². The van der Waals surface area contributed by atoms with E-state index in [1.54, 1.807) is 11.8 Å². The van der Waals surface area contributed by atoms with Crippen LogP contribution in [0, 0.1) is 0 Å². The molecule has 2 nitrogen and oxygen atoms in total. The van der Waals surface area contributed by atoms with E-state index >= 15 is 0 Å². The quantitative estimate of drug-likeness (QED) is 0.824. The third-order valence-electron chi connectivity index (χ3n) is 1.98. The predicted molar refractivity (Wildman–Crippen MR) is 74.8 cm³/mol. The van der Waals surface area contributed by atoms with E-state index in [0.29, 0.717) is 5.25 Å². The molecule has 1 N–H and O–H groups in total. The molecule has 5 heteroatoms. The highest BCUT2D eigenvalue weighted by Crippen LogP contribution is 2.29. The second-order valence-electron chi connectivity index (χ2n) is 3.32. The van der Waals surface area contributed by atoms with Crippen molar-refractivity contribution in [2.75, 3.05) is 11.9 Å². The van der Waals surface area contributed by atoms with E-state index in [1.807, 2.05) is 18.2 Å². The van der Waals surface area contributed by atoms with E-state index in [-0.39, 0.29) is 0 Å². The molecule has 1 aromatic rings. The van der Waals surface area contributed by atoms with Crippen LogP contribution in [-0.4, -0.2) is 17.0 Å². The number of thioether (sulfide) groups is 1. The van der Waals surface area contributed by atoms with Gasteiger partial charge in [0.05, 0.1) is 12.2 Å². The lowest BCUT2D eigenvalue weighted by Gasteiger charge is -2.08. The number of halogens is 2. The van der Waals surface area contributed by atoms with E-state index in [0.717, 1.165) is 26.3 Å². The number of nitrogens with zero attached hydrogens (tertiary/aromatic N) is 1. The van der Waals surface area contributed by atoms with E-state index < -0.39 is 0 Å². The van der Waals surface area contributed by atoms with Gasteiger partial charge < -0.3 is 5.32 Å². The average molecular weight is 350 g/mol. The zero-order chi connectivity index (χ0) is 10.8. The lowest BCUT2D eigenvalue weighted by atomic mass is 10.3. The minimum absolute atomic E-state index is 0.585. The minimum Gasteiger partial charge on any atom is -0.334 e. The van der Waals surface area contributed by atoms with Gasteiger partial charge in [0.2, 0.25) is 0 Å². The fraction of sp³-hybridized carbons (Fsp3) is 0.300. The molecule has 1 unspecified atom stereocenters. The maximum Gasteiger partial charge on any atom is 0.161 e. The number of amidine groups is 1. The van der Waals surface area contributed by atoms with Crippen molar-refractivity contribution < 1.29 is 0 Å². The van der Waals surface area contributed by atoms with Crippen molar-refractivity contribution in [3.8, 4) is 0 Å². The van der Waals surface area contributed by atoms with Gasteiger partial charge in [-0.2, -0.15) is 0 Å². The number of rotatable bonds is 1. The summed E-state index contributed by atoms with van der Waals surface area (Å²) >= 11 is 8.72. The fourth-order valence-corrected chi connectivity index (χ4v) is 3.25. The Morgan fingerprint density at radius 1 is 1.47 bits per heavy atom. The zero-order valence-corrected chi connectivity index (χ0v) is 12.1. The predicted octanol–water partition coefficient (Wildman–Crippen LogP) is 4.11. The Morgan fingerprint density at radius 3 is 2.87 bits per heavy atom. The lowest BCUT2D eigenvalue weighted by molar-refractivity contribution is 0.976. The van der Waals surface area contributed by atoms with Crippen LogP contribution in [-0.2, 0) is 0 Å². The van der Waals surface area contributed by atoms with Crippen molar-refractivity contribution in [2.24, 2.45) is 4.99 Å². The molecule has 1 aliphatic heterocycles. The van der Waals surface area contributed by atoms with Crippen LogP contribution < -0.4 is 5.32 Å². The molecule has 0 aliphatic carbocycles. The number of benzene rings is 1. The third kappa shape index (κ3) is 2.98. The van der Waals surface area contributed by atoms with Gasteiger partial charge in [-0.25, -0.2) is 0 Å². The highest BCUT2D eigenvalue weighted by atomic mass is 79.9. The van der Waals surface area contributed by atoms with Crippen molar-refractivity contribution in [2.45, 2.75) is 12.2 Å². The number of hydrogen-bond donors (Lipinski definition) is 1. The first-order valence-electron chi connectivity index (χ1n) is 4.58. The summed E-state index contributed by atoms with van der Waals surface area (Å²) in [5.74, 6) is 0. The van der Waals surface area contributed by atoms with E-state index in [4.69, 9.17) is 0 Å². The van der Waals surface area contributed by atoms with E-state index in [9.17, 15) is 0 Å². The SMILES string of the molecule is CC1CN=C(Nc2ccc(Br)cc2Br)S1. The smallest absolute Gasteiger partial charge is 0.161 e. The van der Waals surface area contributed by atoms with Crippen LogP contribution in [0.1, 0.15) is 6.92 Å². The van der Waals surface area contributed by atoms with Crippen molar-refractivity contribution in [1.29, 1.82) is 0 Å². The van der Waals surface area contributed by atoms with Crippen molar-refractivity contribution in [3.05, 3.63) is 27.1 Å². The highest BCUT2D eigenvalue weighted by molar-refractivity contribution is 9.11. The van der Waals surface area contributed by atoms with Crippen LogP contribution in [0.3, 0.4) is 0 Å². The van der Waals surface area contributed by atoms with Crippen LogP contribution in [0.5, 0.6) is 0 Å². The Morgan fingerprint density at radius 2 is 2.27 bits per heavy atom. The number of aliphatic imine (C=N–C) groups is 1. The minimum atomic E-state index is 0.585. The molecular formula is C10H10Br2N2S. The Kier molecular flexibility index (Phi) is 3.74. The monoisotopic (exact) mass is 348 g/mol. The van der Waals surface area contributed by atoms with Gasteiger partial charge in [-0.15, -0.1) is 0 Å². The first-order valence-corrected chi connectivity index (χ1v) is 7.05. The summed E-state index contributed by atoms with van der Waals surface area (Å²) in [5, 5.41) is 4.90. The summed E-state index contributed by atoms with van der Waals surface area (Å²) in [5.41, 5.74) is 1.05. The Bertz CT molecular complexity index is 406. The lowest BCUT2D eigenvalue weighted by Crippen LogP contribution is -2.06. The molecule has 0 fully saturated rings. The van der Waals surface area contributed by atoms with Gasteiger partial charge in [0.1, 0.15) is 0 Å². The summed E-state index contributed by atoms with van der Waals surface area (Å²) < 4.78 is 2.11. The molecule has 0 saturated heterocycles. The molecule has 0 aromatic heterocycles. The molecule has 15 heavy (non-hydrogen) atoms. The van der Waals surface area contributed by atoms with Crippen molar-refractivity contribution in [1.82, 2.24) is 0 Å². The Hall–Kier alpha value is -0.000000000000000111. The zero-order valence-electron chi connectivity index (χ0n) is 8.13. The van der Waals surface area contributed by atoms with Crippen LogP contribution in [0.25, 0.3) is 0 Å². The van der Waals surface area contributed by atoms with Crippen molar-refractivity contribution in [3.63, 3.8) is 0 Å². The van der Waals surface area contributed by atoms with Crippen LogP contribution in [0.4, 0.5) is 5.69 Å². The third-order valence-corrected chi connectivity index (χ3v) is 4.13. The summed E-state index contributed by atoms with van der Waals surface area (Å²) in [7, 11) is 0. The second kappa shape index (κ2) is 4.89. The number of hydrogen-bond acceptors (Lipinski definition) is 3. The number of nitrogens with one attached hydrogen (secondary N) is 1. The largest absolute Gasteiger partial charge is 0.334 e.